The third kappa shape index (κ3) is 1.54. The third-order valence-corrected chi connectivity index (χ3v) is 2.97. The fourth-order valence-corrected chi connectivity index (χ4v) is 2.05. The summed E-state index contributed by atoms with van der Waals surface area (Å²) in [4.78, 5) is 0. The molecule has 2 heterocycles. The van der Waals surface area contributed by atoms with Crippen molar-refractivity contribution in [3.8, 4) is 0 Å². The van der Waals surface area contributed by atoms with Gasteiger partial charge in [0.25, 0.3) is 0 Å². The van der Waals surface area contributed by atoms with Gasteiger partial charge < -0.3 is 9.88 Å². The number of hydrogen-bond donors (Lipinski definition) is 1. The molecule has 2 atom stereocenters. The van der Waals surface area contributed by atoms with Gasteiger partial charge in [0, 0.05) is 6.04 Å². The molecule has 78 valence electrons. The van der Waals surface area contributed by atoms with Gasteiger partial charge in [-0.3, -0.25) is 0 Å². The Morgan fingerprint density at radius 1 is 1.57 bits per heavy atom. The Morgan fingerprint density at radius 2 is 2.36 bits per heavy atom. The highest BCUT2D eigenvalue weighted by Crippen LogP contribution is 2.28. The summed E-state index contributed by atoms with van der Waals surface area (Å²) >= 11 is 0. The Balaban J connectivity index is 2.26. The Hall–Kier alpha value is -0.900. The number of aromatic nitrogens is 3. The molecule has 0 aliphatic carbocycles. The number of nitrogens with zero attached hydrogens (tertiary/aromatic N) is 3. The van der Waals surface area contributed by atoms with Gasteiger partial charge in [-0.1, -0.05) is 6.92 Å². The molecule has 1 saturated heterocycles. The van der Waals surface area contributed by atoms with Gasteiger partial charge in [0.1, 0.15) is 6.33 Å². The molecular formula is C10H18N4. The van der Waals surface area contributed by atoms with E-state index in [0.29, 0.717) is 18.0 Å². The highest BCUT2D eigenvalue weighted by atomic mass is 15.3. The molecule has 4 nitrogen and oxygen atoms in total. The van der Waals surface area contributed by atoms with E-state index in [1.807, 2.05) is 6.33 Å². The van der Waals surface area contributed by atoms with Crippen LogP contribution in [-0.4, -0.2) is 21.3 Å². The van der Waals surface area contributed by atoms with Crippen LogP contribution in [0.15, 0.2) is 6.33 Å². The van der Waals surface area contributed by atoms with E-state index in [1.165, 1.54) is 6.42 Å². The summed E-state index contributed by atoms with van der Waals surface area (Å²) in [6.45, 7) is 7.68. The first-order valence-corrected chi connectivity index (χ1v) is 5.33. The van der Waals surface area contributed by atoms with Crippen LogP contribution in [0, 0.1) is 5.92 Å². The lowest BCUT2D eigenvalue weighted by Gasteiger charge is -2.18. The fourth-order valence-electron chi connectivity index (χ4n) is 2.05. The highest BCUT2D eigenvalue weighted by Gasteiger charge is 2.28. The zero-order valence-electron chi connectivity index (χ0n) is 9.07. The summed E-state index contributed by atoms with van der Waals surface area (Å²) in [5.41, 5.74) is 0. The Labute approximate surface area is 84.7 Å². The minimum atomic E-state index is 0.389. The topological polar surface area (TPSA) is 42.7 Å². The minimum Gasteiger partial charge on any atom is -0.314 e. The fraction of sp³-hybridized carbons (Fsp3) is 0.800. The van der Waals surface area contributed by atoms with Crippen LogP contribution in [-0.2, 0) is 0 Å². The predicted octanol–water partition coefficient (Wildman–Crippen LogP) is 1.53. The standard InChI is InChI=1S/C10H18N4/c1-7(2)14-6-12-13-10(14)9-8(3)4-5-11-9/h6-9,11H,4-5H2,1-3H3. The van der Waals surface area contributed by atoms with Gasteiger partial charge in [-0.05, 0) is 32.7 Å². The third-order valence-electron chi connectivity index (χ3n) is 2.97. The van der Waals surface area contributed by atoms with Crippen LogP contribution in [0.1, 0.15) is 45.1 Å². The van der Waals surface area contributed by atoms with Crippen LogP contribution in [0.2, 0.25) is 0 Å². The van der Waals surface area contributed by atoms with Gasteiger partial charge in [0.2, 0.25) is 0 Å². The first-order chi connectivity index (χ1) is 6.70. The van der Waals surface area contributed by atoms with Crippen molar-refractivity contribution in [2.45, 2.75) is 39.3 Å². The molecule has 0 radical (unpaired) electrons. The normalized spacial score (nSPS) is 27.4. The average Bonchev–Trinajstić information content (AvgIpc) is 2.70. The maximum absolute atomic E-state index is 4.22. The second-order valence-corrected chi connectivity index (χ2v) is 4.39. The molecule has 1 aliphatic rings. The Bertz CT molecular complexity index is 305. The summed E-state index contributed by atoms with van der Waals surface area (Å²) in [5.74, 6) is 1.75. The zero-order valence-corrected chi connectivity index (χ0v) is 9.07. The predicted molar refractivity (Wildman–Crippen MR) is 54.9 cm³/mol. The van der Waals surface area contributed by atoms with E-state index >= 15 is 0 Å². The first kappa shape index (κ1) is 9.65. The van der Waals surface area contributed by atoms with E-state index in [4.69, 9.17) is 0 Å². The molecule has 0 bridgehead atoms. The Kier molecular flexibility index (Phi) is 2.54. The van der Waals surface area contributed by atoms with Crippen molar-refractivity contribution < 1.29 is 0 Å². The van der Waals surface area contributed by atoms with Crippen LogP contribution >= 0.6 is 0 Å². The van der Waals surface area contributed by atoms with Crippen molar-refractivity contribution in [2.75, 3.05) is 6.54 Å². The lowest BCUT2D eigenvalue weighted by molar-refractivity contribution is 0.439. The van der Waals surface area contributed by atoms with Gasteiger partial charge >= 0.3 is 0 Å². The number of hydrogen-bond acceptors (Lipinski definition) is 3. The van der Waals surface area contributed by atoms with Gasteiger partial charge in [-0.25, -0.2) is 0 Å². The van der Waals surface area contributed by atoms with Crippen LogP contribution in [0.5, 0.6) is 0 Å². The molecule has 4 heteroatoms. The molecule has 0 amide bonds. The molecule has 14 heavy (non-hydrogen) atoms. The van der Waals surface area contributed by atoms with Crippen LogP contribution < -0.4 is 5.32 Å². The molecule has 1 N–H and O–H groups in total. The summed E-state index contributed by atoms with van der Waals surface area (Å²) < 4.78 is 2.15. The van der Waals surface area contributed by atoms with Crippen LogP contribution in [0.4, 0.5) is 0 Å². The monoisotopic (exact) mass is 194 g/mol. The molecule has 1 aromatic heterocycles. The second kappa shape index (κ2) is 3.69. The van der Waals surface area contributed by atoms with E-state index in [9.17, 15) is 0 Å². The van der Waals surface area contributed by atoms with Crippen molar-refractivity contribution in [3.05, 3.63) is 12.2 Å². The lowest BCUT2D eigenvalue weighted by atomic mass is 10.0. The van der Waals surface area contributed by atoms with Crippen molar-refractivity contribution in [1.29, 1.82) is 0 Å². The molecule has 1 aliphatic heterocycles. The van der Waals surface area contributed by atoms with E-state index in [1.54, 1.807) is 0 Å². The summed E-state index contributed by atoms with van der Waals surface area (Å²) in [6, 6.07) is 0.828. The summed E-state index contributed by atoms with van der Waals surface area (Å²) in [6.07, 6.45) is 3.06. The lowest BCUT2D eigenvalue weighted by Crippen LogP contribution is -2.21. The number of rotatable bonds is 2. The van der Waals surface area contributed by atoms with Crippen molar-refractivity contribution in [3.63, 3.8) is 0 Å². The summed E-state index contributed by atoms with van der Waals surface area (Å²) in [5, 5.41) is 11.7. The first-order valence-electron chi connectivity index (χ1n) is 5.33. The van der Waals surface area contributed by atoms with E-state index < -0.39 is 0 Å². The molecule has 0 aromatic carbocycles. The minimum absolute atomic E-state index is 0.389. The number of nitrogens with one attached hydrogen (secondary N) is 1. The quantitative estimate of drug-likeness (QED) is 0.776. The molecule has 1 aromatic rings. The van der Waals surface area contributed by atoms with E-state index in [2.05, 4.69) is 40.9 Å². The van der Waals surface area contributed by atoms with Crippen LogP contribution in [0.3, 0.4) is 0 Å². The van der Waals surface area contributed by atoms with Gasteiger partial charge in [0.15, 0.2) is 5.82 Å². The summed E-state index contributed by atoms with van der Waals surface area (Å²) in [7, 11) is 0. The second-order valence-electron chi connectivity index (χ2n) is 4.39. The SMILES string of the molecule is CC1CCNC1c1nncn1C(C)C. The Morgan fingerprint density at radius 3 is 2.93 bits per heavy atom. The van der Waals surface area contributed by atoms with Gasteiger partial charge in [0.05, 0.1) is 6.04 Å². The van der Waals surface area contributed by atoms with Gasteiger partial charge in [-0.15, -0.1) is 10.2 Å². The maximum atomic E-state index is 4.22. The molecular weight excluding hydrogens is 176 g/mol. The van der Waals surface area contributed by atoms with Crippen molar-refractivity contribution in [1.82, 2.24) is 20.1 Å². The van der Waals surface area contributed by atoms with Crippen LogP contribution in [0.25, 0.3) is 0 Å². The van der Waals surface area contributed by atoms with Crippen molar-refractivity contribution in [2.24, 2.45) is 5.92 Å². The smallest absolute Gasteiger partial charge is 0.150 e. The largest absolute Gasteiger partial charge is 0.314 e. The van der Waals surface area contributed by atoms with E-state index in [-0.39, 0.29) is 0 Å². The maximum Gasteiger partial charge on any atom is 0.150 e. The van der Waals surface area contributed by atoms with E-state index in [0.717, 1.165) is 12.4 Å². The van der Waals surface area contributed by atoms with Gasteiger partial charge in [-0.2, -0.15) is 0 Å². The molecule has 2 unspecified atom stereocenters. The molecule has 2 rings (SSSR count). The highest BCUT2D eigenvalue weighted by molar-refractivity contribution is 5.01. The molecule has 0 saturated carbocycles. The molecule has 1 fully saturated rings. The average molecular weight is 194 g/mol. The zero-order chi connectivity index (χ0) is 10.1. The van der Waals surface area contributed by atoms with Crippen molar-refractivity contribution >= 4 is 0 Å². The molecule has 0 spiro atoms.